The molecule has 0 aliphatic rings. The Bertz CT molecular complexity index is 1500. The molecule has 0 N–H and O–H groups in total. The normalized spacial score (nSPS) is 13.0. The standard InChI is InChI=1S/C65H106O6/c1-4-7-10-13-16-19-22-25-28-30-32-34-37-40-43-46-49-52-55-58-64(67)70-61-62(60-69-63(66)57-54-51-48-45-42-39-36-27-24-21-18-15-12-9-6-3)71-65(68)59-56-53-50-47-44-41-38-35-33-31-29-26-23-20-17-14-11-8-5-2/h16-21,25-29,33,35-36,41-42,44-45,50,53,62H,4-15,22-24,30-32,34,37-40,43,46-49,51-52,54-61H2,1-3H3/b19-16-,20-17-,21-18-,28-25-,29-26-,35-33-,36-27-,44-41-,45-42-,53-50-/t62-/m0/s1. The summed E-state index contributed by atoms with van der Waals surface area (Å²) in [6.45, 7) is 6.46. The van der Waals surface area contributed by atoms with Crippen molar-refractivity contribution >= 4 is 17.9 Å². The van der Waals surface area contributed by atoms with Gasteiger partial charge in [0.2, 0.25) is 0 Å². The molecule has 0 aromatic rings. The molecule has 0 rings (SSSR count). The second kappa shape index (κ2) is 58.4. The molecule has 1 atom stereocenters. The Morgan fingerprint density at radius 1 is 0.282 bits per heavy atom. The molecule has 0 spiro atoms. The number of hydrogen-bond acceptors (Lipinski definition) is 6. The molecule has 0 saturated carbocycles. The lowest BCUT2D eigenvalue weighted by Gasteiger charge is -2.18. The summed E-state index contributed by atoms with van der Waals surface area (Å²) in [4.78, 5) is 38.1. The van der Waals surface area contributed by atoms with E-state index in [0.29, 0.717) is 19.3 Å². The van der Waals surface area contributed by atoms with Crippen LogP contribution in [0.1, 0.15) is 252 Å². The van der Waals surface area contributed by atoms with E-state index in [4.69, 9.17) is 14.2 Å². The summed E-state index contributed by atoms with van der Waals surface area (Å²) >= 11 is 0. The summed E-state index contributed by atoms with van der Waals surface area (Å²) in [6, 6.07) is 0. The van der Waals surface area contributed by atoms with Crippen molar-refractivity contribution in [2.24, 2.45) is 0 Å². The van der Waals surface area contributed by atoms with Gasteiger partial charge in [-0.25, -0.2) is 0 Å². The van der Waals surface area contributed by atoms with E-state index in [2.05, 4.69) is 130 Å². The van der Waals surface area contributed by atoms with Crippen LogP contribution in [0.4, 0.5) is 0 Å². The number of rotatable bonds is 51. The molecule has 0 saturated heterocycles. The fraction of sp³-hybridized carbons (Fsp3) is 0.646. The zero-order chi connectivity index (χ0) is 51.4. The monoisotopic (exact) mass is 983 g/mol. The van der Waals surface area contributed by atoms with Crippen LogP contribution in [0, 0.1) is 0 Å². The van der Waals surface area contributed by atoms with Gasteiger partial charge in [0.05, 0.1) is 0 Å². The summed E-state index contributed by atoms with van der Waals surface area (Å²) in [5.74, 6) is -1.05. The van der Waals surface area contributed by atoms with Gasteiger partial charge in [-0.2, -0.15) is 0 Å². The molecule has 6 heteroatoms. The van der Waals surface area contributed by atoms with E-state index in [1.165, 1.54) is 122 Å². The van der Waals surface area contributed by atoms with Gasteiger partial charge < -0.3 is 14.2 Å². The lowest BCUT2D eigenvalue weighted by atomic mass is 10.1. The quantitative estimate of drug-likeness (QED) is 0.0261. The maximum atomic E-state index is 12.8. The van der Waals surface area contributed by atoms with Crippen LogP contribution in [0.15, 0.2) is 122 Å². The first-order chi connectivity index (χ1) is 35.0. The highest BCUT2D eigenvalue weighted by atomic mass is 16.6. The lowest BCUT2D eigenvalue weighted by molar-refractivity contribution is -0.166. The Morgan fingerprint density at radius 2 is 0.535 bits per heavy atom. The highest BCUT2D eigenvalue weighted by Gasteiger charge is 2.19. The number of carbonyl (C=O) groups excluding carboxylic acids is 3. The zero-order valence-corrected chi connectivity index (χ0v) is 45.9. The number of allylic oxidation sites excluding steroid dienone is 20. The van der Waals surface area contributed by atoms with Crippen LogP contribution in [-0.2, 0) is 28.6 Å². The summed E-state index contributed by atoms with van der Waals surface area (Å²) in [5, 5.41) is 0. The molecule has 0 amide bonds. The Labute approximate surface area is 437 Å². The summed E-state index contributed by atoms with van der Waals surface area (Å²) < 4.78 is 16.8. The smallest absolute Gasteiger partial charge is 0.306 e. The molecule has 0 unspecified atom stereocenters. The molecule has 0 fully saturated rings. The second-order valence-electron chi connectivity index (χ2n) is 18.8. The summed E-state index contributed by atoms with van der Waals surface area (Å²) in [5.41, 5.74) is 0. The third-order valence-corrected chi connectivity index (χ3v) is 11.9. The molecule has 0 bridgehead atoms. The first-order valence-corrected chi connectivity index (χ1v) is 29.0. The maximum Gasteiger partial charge on any atom is 0.306 e. The molecule has 0 aromatic heterocycles. The Hall–Kier alpha value is -4.19. The Balaban J connectivity index is 4.56. The van der Waals surface area contributed by atoms with E-state index >= 15 is 0 Å². The molecule has 0 heterocycles. The zero-order valence-electron chi connectivity index (χ0n) is 45.9. The highest BCUT2D eigenvalue weighted by molar-refractivity contribution is 5.71. The van der Waals surface area contributed by atoms with Gasteiger partial charge >= 0.3 is 17.9 Å². The van der Waals surface area contributed by atoms with Crippen LogP contribution >= 0.6 is 0 Å². The number of unbranched alkanes of at least 4 members (excludes halogenated alkanes) is 20. The topological polar surface area (TPSA) is 78.9 Å². The van der Waals surface area contributed by atoms with Crippen LogP contribution in [0.5, 0.6) is 0 Å². The second-order valence-corrected chi connectivity index (χ2v) is 18.8. The van der Waals surface area contributed by atoms with Crippen LogP contribution in [-0.4, -0.2) is 37.2 Å². The van der Waals surface area contributed by atoms with Gasteiger partial charge in [-0.15, -0.1) is 0 Å². The summed E-state index contributed by atoms with van der Waals surface area (Å²) in [7, 11) is 0. The van der Waals surface area contributed by atoms with Crippen LogP contribution < -0.4 is 0 Å². The van der Waals surface area contributed by atoms with E-state index in [1.807, 2.05) is 12.2 Å². The van der Waals surface area contributed by atoms with Crippen molar-refractivity contribution in [1.29, 1.82) is 0 Å². The van der Waals surface area contributed by atoms with Crippen molar-refractivity contribution in [3.05, 3.63) is 122 Å². The minimum Gasteiger partial charge on any atom is -0.462 e. The van der Waals surface area contributed by atoms with Crippen molar-refractivity contribution < 1.29 is 28.6 Å². The fourth-order valence-electron chi connectivity index (χ4n) is 7.52. The molecule has 0 aromatic carbocycles. The van der Waals surface area contributed by atoms with Gasteiger partial charge in [-0.05, 0) is 128 Å². The molecule has 0 aliphatic heterocycles. The Kier molecular flexibility index (Phi) is 54.9. The van der Waals surface area contributed by atoms with E-state index in [-0.39, 0.29) is 38.0 Å². The van der Waals surface area contributed by atoms with Crippen molar-refractivity contribution in [2.75, 3.05) is 13.2 Å². The number of carbonyl (C=O) groups is 3. The number of esters is 3. The van der Waals surface area contributed by atoms with Crippen molar-refractivity contribution in [2.45, 2.75) is 258 Å². The molecular weight excluding hydrogens is 877 g/mol. The average Bonchev–Trinajstić information content (AvgIpc) is 3.37. The van der Waals surface area contributed by atoms with Gasteiger partial charge in [0, 0.05) is 19.3 Å². The Morgan fingerprint density at radius 3 is 0.873 bits per heavy atom. The van der Waals surface area contributed by atoms with Gasteiger partial charge in [0.25, 0.3) is 0 Å². The van der Waals surface area contributed by atoms with Gasteiger partial charge in [-0.3, -0.25) is 14.4 Å². The van der Waals surface area contributed by atoms with E-state index < -0.39 is 12.1 Å². The third kappa shape index (κ3) is 56.6. The van der Waals surface area contributed by atoms with Crippen LogP contribution in [0.25, 0.3) is 0 Å². The molecule has 6 nitrogen and oxygen atoms in total. The molecule has 71 heavy (non-hydrogen) atoms. The molecule has 0 aliphatic carbocycles. The molecular formula is C65H106O6. The highest BCUT2D eigenvalue weighted by Crippen LogP contribution is 2.13. The van der Waals surface area contributed by atoms with Crippen molar-refractivity contribution in [1.82, 2.24) is 0 Å². The predicted molar refractivity (Wildman–Crippen MR) is 306 cm³/mol. The van der Waals surface area contributed by atoms with Crippen molar-refractivity contribution in [3.63, 3.8) is 0 Å². The van der Waals surface area contributed by atoms with E-state index in [9.17, 15) is 14.4 Å². The van der Waals surface area contributed by atoms with Crippen molar-refractivity contribution in [3.8, 4) is 0 Å². The first kappa shape index (κ1) is 66.8. The lowest BCUT2D eigenvalue weighted by Crippen LogP contribution is -2.30. The number of hydrogen-bond donors (Lipinski definition) is 0. The van der Waals surface area contributed by atoms with Crippen LogP contribution in [0.2, 0.25) is 0 Å². The largest absolute Gasteiger partial charge is 0.462 e. The van der Waals surface area contributed by atoms with Crippen LogP contribution in [0.3, 0.4) is 0 Å². The van der Waals surface area contributed by atoms with Gasteiger partial charge in [-0.1, -0.05) is 226 Å². The molecule has 0 radical (unpaired) electrons. The van der Waals surface area contributed by atoms with Gasteiger partial charge in [0.1, 0.15) is 13.2 Å². The fourth-order valence-corrected chi connectivity index (χ4v) is 7.52. The van der Waals surface area contributed by atoms with E-state index in [0.717, 1.165) is 77.0 Å². The molecule has 402 valence electrons. The van der Waals surface area contributed by atoms with Gasteiger partial charge in [0.15, 0.2) is 6.10 Å². The predicted octanol–water partition coefficient (Wildman–Crippen LogP) is 19.6. The third-order valence-electron chi connectivity index (χ3n) is 11.9. The minimum atomic E-state index is -0.839. The average molecular weight is 984 g/mol. The van der Waals surface area contributed by atoms with E-state index in [1.54, 1.807) is 0 Å². The SMILES string of the molecule is CCCCC/C=C\C/C=C\C/C=C\C/C=C\C/C=C\CCC(=O)O[C@@H](COC(=O)CCCC/C=C\C/C=C\C/C=C\CCCCC)COC(=O)CCCCCCCCCCC/C=C\C/C=C\CCCCC. The summed E-state index contributed by atoms with van der Waals surface area (Å²) in [6.07, 6.45) is 80.5. The maximum absolute atomic E-state index is 12.8. The minimum absolute atomic E-state index is 0.125. The number of ether oxygens (including phenoxy) is 3. The first-order valence-electron chi connectivity index (χ1n) is 29.0.